The summed E-state index contributed by atoms with van der Waals surface area (Å²) < 4.78 is 30.4. The van der Waals surface area contributed by atoms with Crippen LogP contribution in [0.2, 0.25) is 0 Å². The SMILES string of the molecule is Bc1cnn2c(NC3CCN(S(=O)(=O)c4cccc5ccccc45)CC3)cc(-c3ccccc3O)nc12. The number of sulfonamides is 1. The Morgan fingerprint density at radius 3 is 2.51 bits per heavy atom. The molecule has 3 heterocycles. The molecule has 0 unspecified atom stereocenters. The highest BCUT2D eigenvalue weighted by molar-refractivity contribution is 7.89. The van der Waals surface area contributed by atoms with Crippen LogP contribution in [0.5, 0.6) is 5.75 Å². The number of phenolic OH excluding ortho intramolecular Hbond substituents is 1. The number of aromatic nitrogens is 3. The van der Waals surface area contributed by atoms with E-state index in [9.17, 15) is 13.5 Å². The molecule has 0 radical (unpaired) electrons. The number of fused-ring (bicyclic) bond motifs is 2. The predicted molar refractivity (Wildman–Crippen MR) is 148 cm³/mol. The summed E-state index contributed by atoms with van der Waals surface area (Å²) in [6.45, 7) is 0.837. The van der Waals surface area contributed by atoms with E-state index in [0.717, 1.165) is 22.1 Å². The van der Waals surface area contributed by atoms with Gasteiger partial charge in [-0.05, 0) is 41.9 Å². The number of hydrogen-bond donors (Lipinski definition) is 2. The number of nitrogens with one attached hydrogen (secondary N) is 1. The first kappa shape index (κ1) is 23.5. The highest BCUT2D eigenvalue weighted by Crippen LogP contribution is 2.31. The summed E-state index contributed by atoms with van der Waals surface area (Å²) in [7, 11) is -1.66. The minimum atomic E-state index is -3.61. The van der Waals surface area contributed by atoms with E-state index < -0.39 is 10.0 Å². The van der Waals surface area contributed by atoms with Crippen molar-refractivity contribution in [3.63, 3.8) is 0 Å². The number of anilines is 1. The Morgan fingerprint density at radius 2 is 1.70 bits per heavy atom. The number of para-hydroxylation sites is 1. The zero-order valence-electron chi connectivity index (χ0n) is 20.4. The Hall–Kier alpha value is -3.89. The maximum Gasteiger partial charge on any atom is 0.243 e. The van der Waals surface area contributed by atoms with Gasteiger partial charge >= 0.3 is 0 Å². The van der Waals surface area contributed by atoms with Crippen molar-refractivity contribution in [2.24, 2.45) is 0 Å². The van der Waals surface area contributed by atoms with Gasteiger partial charge in [-0.3, -0.25) is 0 Å². The van der Waals surface area contributed by atoms with Crippen LogP contribution in [-0.4, -0.2) is 59.4 Å². The molecule has 186 valence electrons. The van der Waals surface area contributed by atoms with Crippen LogP contribution >= 0.6 is 0 Å². The van der Waals surface area contributed by atoms with Crippen molar-refractivity contribution >= 4 is 45.6 Å². The van der Waals surface area contributed by atoms with Gasteiger partial charge < -0.3 is 10.4 Å². The Morgan fingerprint density at radius 1 is 0.973 bits per heavy atom. The van der Waals surface area contributed by atoms with E-state index in [1.165, 1.54) is 0 Å². The molecular formula is C27H26BN5O3S. The minimum absolute atomic E-state index is 0.0614. The lowest BCUT2D eigenvalue weighted by Crippen LogP contribution is -2.42. The van der Waals surface area contributed by atoms with Gasteiger partial charge in [-0.15, -0.1) is 0 Å². The number of phenols is 1. The minimum Gasteiger partial charge on any atom is -0.507 e. The van der Waals surface area contributed by atoms with E-state index in [-0.39, 0.29) is 11.8 Å². The average Bonchev–Trinajstić information content (AvgIpc) is 3.29. The Kier molecular flexibility index (Phi) is 5.85. The van der Waals surface area contributed by atoms with Crippen molar-refractivity contribution in [3.05, 3.63) is 79.0 Å². The Labute approximate surface area is 216 Å². The summed E-state index contributed by atoms with van der Waals surface area (Å²) >= 11 is 0. The van der Waals surface area contributed by atoms with Gasteiger partial charge in [-0.1, -0.05) is 48.5 Å². The summed E-state index contributed by atoms with van der Waals surface area (Å²) in [5.41, 5.74) is 2.92. The van der Waals surface area contributed by atoms with Crippen LogP contribution in [0, 0.1) is 0 Å². The monoisotopic (exact) mass is 511 g/mol. The zero-order chi connectivity index (χ0) is 25.6. The highest BCUT2D eigenvalue weighted by atomic mass is 32.2. The number of hydrogen-bond acceptors (Lipinski definition) is 6. The normalized spacial score (nSPS) is 15.4. The summed E-state index contributed by atoms with van der Waals surface area (Å²) in [5, 5.41) is 20.1. The second kappa shape index (κ2) is 9.21. The average molecular weight is 511 g/mol. The van der Waals surface area contributed by atoms with Crippen LogP contribution in [0.25, 0.3) is 27.7 Å². The lowest BCUT2D eigenvalue weighted by Gasteiger charge is -2.32. The number of rotatable bonds is 5. The molecule has 1 aliphatic rings. The molecule has 0 amide bonds. The fourth-order valence-corrected chi connectivity index (χ4v) is 6.70. The third kappa shape index (κ3) is 4.22. The zero-order valence-corrected chi connectivity index (χ0v) is 21.2. The van der Waals surface area contributed by atoms with Crippen LogP contribution in [0.15, 0.2) is 83.9 Å². The molecule has 0 spiro atoms. The standard InChI is InChI=1S/C27H26BN5O3S/c28-22-17-29-33-26(16-23(31-27(22)33)21-9-3-4-10-24(21)34)30-19-12-14-32(15-13-19)37(35,36)25-11-5-7-18-6-1-2-8-20(18)25/h1-11,16-17,19,30,34H,12-15,28H2. The van der Waals surface area contributed by atoms with E-state index in [1.54, 1.807) is 39.3 Å². The molecule has 3 aromatic carbocycles. The van der Waals surface area contributed by atoms with Crippen molar-refractivity contribution in [2.45, 2.75) is 23.8 Å². The van der Waals surface area contributed by atoms with Crippen molar-refractivity contribution in [2.75, 3.05) is 18.4 Å². The van der Waals surface area contributed by atoms with Crippen LogP contribution in [-0.2, 0) is 10.0 Å². The summed E-state index contributed by atoms with van der Waals surface area (Å²) in [6, 6.07) is 22.1. The molecule has 0 saturated carbocycles. The third-order valence-corrected chi connectivity index (χ3v) is 8.96. The topological polar surface area (TPSA) is 99.8 Å². The molecule has 8 nitrogen and oxygen atoms in total. The molecule has 5 aromatic rings. The quantitative estimate of drug-likeness (QED) is 0.352. The number of piperidine rings is 1. The second-order valence-corrected chi connectivity index (χ2v) is 11.3. The predicted octanol–water partition coefficient (Wildman–Crippen LogP) is 2.78. The Balaban J connectivity index is 1.25. The van der Waals surface area contributed by atoms with Crippen LogP contribution in [0.4, 0.5) is 5.82 Å². The molecular weight excluding hydrogens is 485 g/mol. The lowest BCUT2D eigenvalue weighted by molar-refractivity contribution is 0.329. The van der Waals surface area contributed by atoms with Crippen LogP contribution < -0.4 is 10.8 Å². The molecule has 0 atom stereocenters. The van der Waals surface area contributed by atoms with Crippen LogP contribution in [0.3, 0.4) is 0 Å². The number of aromatic hydroxyl groups is 1. The van der Waals surface area contributed by atoms with Gasteiger partial charge in [0.2, 0.25) is 10.0 Å². The van der Waals surface area contributed by atoms with E-state index in [1.807, 2.05) is 56.4 Å². The Bertz CT molecular complexity index is 1720. The van der Waals surface area contributed by atoms with Gasteiger partial charge in [0.05, 0.1) is 10.6 Å². The summed E-state index contributed by atoms with van der Waals surface area (Å²) in [4.78, 5) is 5.09. The van der Waals surface area contributed by atoms with Crippen molar-refractivity contribution < 1.29 is 13.5 Å². The fourth-order valence-electron chi connectivity index (χ4n) is 5.01. The lowest BCUT2D eigenvalue weighted by atomic mass is 10.0. The maximum absolute atomic E-state index is 13.5. The molecule has 1 saturated heterocycles. The van der Waals surface area contributed by atoms with E-state index in [0.29, 0.717) is 47.7 Å². The molecule has 2 N–H and O–H groups in total. The van der Waals surface area contributed by atoms with Crippen molar-refractivity contribution in [3.8, 4) is 17.0 Å². The number of benzene rings is 3. The highest BCUT2D eigenvalue weighted by Gasteiger charge is 2.31. The molecule has 1 aliphatic heterocycles. The molecule has 10 heteroatoms. The first-order chi connectivity index (χ1) is 17.9. The van der Waals surface area contributed by atoms with Crippen molar-refractivity contribution in [1.82, 2.24) is 18.9 Å². The molecule has 2 aromatic heterocycles. The largest absolute Gasteiger partial charge is 0.507 e. The first-order valence-corrected chi connectivity index (χ1v) is 13.7. The molecule has 1 fully saturated rings. The van der Waals surface area contributed by atoms with E-state index in [2.05, 4.69) is 10.4 Å². The smallest absolute Gasteiger partial charge is 0.243 e. The van der Waals surface area contributed by atoms with E-state index in [4.69, 9.17) is 4.98 Å². The van der Waals surface area contributed by atoms with E-state index >= 15 is 0 Å². The number of nitrogens with zero attached hydrogens (tertiary/aromatic N) is 4. The maximum atomic E-state index is 13.5. The van der Waals surface area contributed by atoms with Gasteiger partial charge in [0.1, 0.15) is 19.4 Å². The van der Waals surface area contributed by atoms with Crippen molar-refractivity contribution in [1.29, 1.82) is 0 Å². The van der Waals surface area contributed by atoms with Gasteiger partial charge in [-0.2, -0.15) is 13.9 Å². The fraction of sp³-hybridized carbons (Fsp3) is 0.185. The van der Waals surface area contributed by atoms with Crippen LogP contribution in [0.1, 0.15) is 12.8 Å². The molecule has 6 rings (SSSR count). The molecule has 37 heavy (non-hydrogen) atoms. The first-order valence-electron chi connectivity index (χ1n) is 12.3. The van der Waals surface area contributed by atoms with Gasteiger partial charge in [-0.25, -0.2) is 13.4 Å². The second-order valence-electron chi connectivity index (χ2n) is 9.41. The van der Waals surface area contributed by atoms with Gasteiger partial charge in [0, 0.05) is 42.3 Å². The van der Waals surface area contributed by atoms with Gasteiger partial charge in [0.25, 0.3) is 0 Å². The third-order valence-electron chi connectivity index (χ3n) is 7.00. The summed E-state index contributed by atoms with van der Waals surface area (Å²) in [5.74, 6) is 0.918. The summed E-state index contributed by atoms with van der Waals surface area (Å²) in [6.07, 6.45) is 3.07. The molecule has 0 bridgehead atoms. The molecule has 0 aliphatic carbocycles. The van der Waals surface area contributed by atoms with Gasteiger partial charge in [0.15, 0.2) is 5.65 Å².